The number of carbonyl (C=O) groups is 1. The maximum Gasteiger partial charge on any atom is 0.221 e. The second-order valence-electron chi connectivity index (χ2n) is 6.12. The van der Waals surface area contributed by atoms with Crippen LogP contribution in [0.3, 0.4) is 0 Å². The molecule has 0 aliphatic rings. The Balaban J connectivity index is 0.00000392. The molecule has 0 radical (unpaired) electrons. The minimum absolute atomic E-state index is 0. The molecule has 152 valence electrons. The first-order valence-electron chi connectivity index (χ1n) is 9.05. The number of aliphatic imine (C=N–C) groups is 1. The van der Waals surface area contributed by atoms with Crippen molar-refractivity contribution < 1.29 is 9.53 Å². The molecule has 0 aliphatic carbocycles. The van der Waals surface area contributed by atoms with E-state index in [4.69, 9.17) is 4.74 Å². The molecule has 6 nitrogen and oxygen atoms in total. The lowest BCUT2D eigenvalue weighted by atomic mass is 10.1. The highest BCUT2D eigenvalue weighted by molar-refractivity contribution is 14.0. The molecule has 0 bridgehead atoms. The number of guanidine groups is 1. The fourth-order valence-electron chi connectivity index (χ4n) is 2.73. The molecule has 1 amide bonds. The van der Waals surface area contributed by atoms with Crippen LogP contribution in [0.25, 0.3) is 0 Å². The van der Waals surface area contributed by atoms with E-state index in [1.165, 1.54) is 18.1 Å². The Morgan fingerprint density at radius 1 is 1.00 bits per heavy atom. The van der Waals surface area contributed by atoms with Crippen molar-refractivity contribution in [3.63, 3.8) is 0 Å². The monoisotopic (exact) mass is 496 g/mol. The fourth-order valence-corrected chi connectivity index (χ4v) is 2.73. The van der Waals surface area contributed by atoms with E-state index in [9.17, 15) is 4.79 Å². The summed E-state index contributed by atoms with van der Waals surface area (Å²) in [6.07, 6.45) is 1.73. The minimum atomic E-state index is -0.0626. The number of nitrogens with one attached hydrogen (secondary N) is 3. The summed E-state index contributed by atoms with van der Waals surface area (Å²) in [5.41, 5.74) is 3.18. The normalized spacial score (nSPS) is 10.6. The Bertz CT molecular complexity index is 763. The number of hydrogen-bond acceptors (Lipinski definition) is 3. The highest BCUT2D eigenvalue weighted by Gasteiger charge is 2.03. The molecule has 0 aromatic heterocycles. The third-order valence-corrected chi connectivity index (χ3v) is 4.08. The number of nitrogens with zero attached hydrogens (tertiary/aromatic N) is 1. The molecule has 0 aliphatic heterocycles. The van der Waals surface area contributed by atoms with E-state index in [1.807, 2.05) is 42.5 Å². The summed E-state index contributed by atoms with van der Waals surface area (Å²) in [7, 11) is 3.45. The van der Waals surface area contributed by atoms with Gasteiger partial charge in [0.25, 0.3) is 0 Å². The first-order valence-corrected chi connectivity index (χ1v) is 9.05. The van der Waals surface area contributed by atoms with Gasteiger partial charge in [-0.3, -0.25) is 9.79 Å². The topological polar surface area (TPSA) is 74.8 Å². The molecule has 0 fully saturated rings. The lowest BCUT2D eigenvalue weighted by Gasteiger charge is -2.13. The van der Waals surface area contributed by atoms with E-state index >= 15 is 0 Å². The zero-order valence-electron chi connectivity index (χ0n) is 16.6. The van der Waals surface area contributed by atoms with Gasteiger partial charge in [0.15, 0.2) is 5.96 Å². The second-order valence-corrected chi connectivity index (χ2v) is 6.12. The standard InChI is InChI=1S/C21H28N4O2.HI/c1-16(26)25-19-10-8-17(9-11-19)12-14-23-21(22-2)24-15-13-18-6-4-5-7-20(18)27-3;/h4-11H,12-15H2,1-3H3,(H,25,26)(H2,22,23,24);1H. The molecule has 0 atom stereocenters. The number of methoxy groups -OCH3 is 1. The summed E-state index contributed by atoms with van der Waals surface area (Å²) in [6.45, 7) is 3.05. The van der Waals surface area contributed by atoms with Crippen LogP contribution in [0.15, 0.2) is 53.5 Å². The summed E-state index contributed by atoms with van der Waals surface area (Å²) >= 11 is 0. The van der Waals surface area contributed by atoms with Crippen LogP contribution in [-0.2, 0) is 17.6 Å². The molecule has 2 aromatic carbocycles. The third kappa shape index (κ3) is 8.16. The smallest absolute Gasteiger partial charge is 0.221 e. The Labute approximate surface area is 184 Å². The van der Waals surface area contributed by atoms with Gasteiger partial charge >= 0.3 is 0 Å². The molecule has 2 rings (SSSR count). The Morgan fingerprint density at radius 2 is 1.64 bits per heavy atom. The Kier molecular flexibility index (Phi) is 11.0. The highest BCUT2D eigenvalue weighted by Crippen LogP contribution is 2.17. The number of benzene rings is 2. The summed E-state index contributed by atoms with van der Waals surface area (Å²) in [6, 6.07) is 15.9. The molecule has 3 N–H and O–H groups in total. The number of amides is 1. The van der Waals surface area contributed by atoms with Crippen molar-refractivity contribution in [1.29, 1.82) is 0 Å². The molecule has 2 aromatic rings. The van der Waals surface area contributed by atoms with Crippen LogP contribution in [0, 0.1) is 0 Å². The summed E-state index contributed by atoms with van der Waals surface area (Å²) in [4.78, 5) is 15.3. The van der Waals surface area contributed by atoms with Gasteiger partial charge in [-0.25, -0.2) is 0 Å². The van der Waals surface area contributed by atoms with Gasteiger partial charge in [0.2, 0.25) is 5.91 Å². The lowest BCUT2D eigenvalue weighted by molar-refractivity contribution is -0.114. The number of hydrogen-bond donors (Lipinski definition) is 3. The highest BCUT2D eigenvalue weighted by atomic mass is 127. The average Bonchev–Trinajstić information content (AvgIpc) is 2.68. The van der Waals surface area contributed by atoms with Crippen molar-refractivity contribution in [2.75, 3.05) is 32.6 Å². The van der Waals surface area contributed by atoms with Gasteiger partial charge in [-0.1, -0.05) is 30.3 Å². The van der Waals surface area contributed by atoms with Gasteiger partial charge in [-0.2, -0.15) is 0 Å². The minimum Gasteiger partial charge on any atom is -0.496 e. The van der Waals surface area contributed by atoms with E-state index in [-0.39, 0.29) is 29.9 Å². The summed E-state index contributed by atoms with van der Waals surface area (Å²) in [5, 5.41) is 9.41. The van der Waals surface area contributed by atoms with Gasteiger partial charge in [0, 0.05) is 32.7 Å². The molecule has 7 heteroatoms. The lowest BCUT2D eigenvalue weighted by Crippen LogP contribution is -2.39. The summed E-state index contributed by atoms with van der Waals surface area (Å²) < 4.78 is 5.38. The molecular weight excluding hydrogens is 467 g/mol. The van der Waals surface area contributed by atoms with Crippen molar-refractivity contribution in [3.05, 3.63) is 59.7 Å². The number of ether oxygens (including phenoxy) is 1. The van der Waals surface area contributed by atoms with Gasteiger partial charge in [-0.05, 0) is 42.2 Å². The number of carbonyl (C=O) groups excluding carboxylic acids is 1. The second kappa shape index (κ2) is 13.0. The Morgan fingerprint density at radius 3 is 2.25 bits per heavy atom. The fraction of sp³-hybridized carbons (Fsp3) is 0.333. The predicted octanol–water partition coefficient (Wildman–Crippen LogP) is 3.22. The number of halogens is 1. The molecule has 0 saturated heterocycles. The van der Waals surface area contributed by atoms with Crippen LogP contribution in [0.1, 0.15) is 18.1 Å². The van der Waals surface area contributed by atoms with Crippen molar-refractivity contribution in [2.45, 2.75) is 19.8 Å². The van der Waals surface area contributed by atoms with Gasteiger partial charge in [0.05, 0.1) is 7.11 Å². The number of rotatable bonds is 8. The van der Waals surface area contributed by atoms with Crippen molar-refractivity contribution in [2.24, 2.45) is 4.99 Å². The third-order valence-electron chi connectivity index (χ3n) is 4.08. The maximum absolute atomic E-state index is 11.0. The van der Waals surface area contributed by atoms with E-state index in [1.54, 1.807) is 14.2 Å². The Hall–Kier alpha value is -2.29. The van der Waals surface area contributed by atoms with Gasteiger partial charge in [0.1, 0.15) is 5.75 Å². The predicted molar refractivity (Wildman–Crippen MR) is 126 cm³/mol. The molecule has 0 heterocycles. The van der Waals surface area contributed by atoms with Gasteiger partial charge in [-0.15, -0.1) is 24.0 Å². The van der Waals surface area contributed by atoms with E-state index in [0.717, 1.165) is 43.3 Å². The van der Waals surface area contributed by atoms with Crippen molar-refractivity contribution >= 4 is 41.5 Å². The first kappa shape index (κ1) is 23.7. The summed E-state index contributed by atoms with van der Waals surface area (Å²) in [5.74, 6) is 1.62. The molecular formula is C21H29IN4O2. The largest absolute Gasteiger partial charge is 0.496 e. The molecule has 0 unspecified atom stereocenters. The van der Waals surface area contributed by atoms with Gasteiger partial charge < -0.3 is 20.7 Å². The average molecular weight is 496 g/mol. The van der Waals surface area contributed by atoms with Crippen molar-refractivity contribution in [3.8, 4) is 5.75 Å². The maximum atomic E-state index is 11.0. The van der Waals surface area contributed by atoms with Crippen LogP contribution >= 0.6 is 24.0 Å². The number of para-hydroxylation sites is 1. The van der Waals surface area contributed by atoms with Crippen LogP contribution in [-0.4, -0.2) is 39.1 Å². The van der Waals surface area contributed by atoms with E-state index in [0.29, 0.717) is 0 Å². The molecule has 0 saturated carbocycles. The van der Waals surface area contributed by atoms with Crippen LogP contribution < -0.4 is 20.7 Å². The molecule has 0 spiro atoms. The van der Waals surface area contributed by atoms with E-state index in [2.05, 4.69) is 27.0 Å². The SMILES string of the molecule is CN=C(NCCc1ccc(NC(C)=O)cc1)NCCc1ccccc1OC.I. The van der Waals surface area contributed by atoms with Crippen LogP contribution in [0.2, 0.25) is 0 Å². The van der Waals surface area contributed by atoms with E-state index < -0.39 is 0 Å². The van der Waals surface area contributed by atoms with Crippen LogP contribution in [0.5, 0.6) is 5.75 Å². The quantitative estimate of drug-likeness (QED) is 0.298. The molecule has 28 heavy (non-hydrogen) atoms. The zero-order chi connectivity index (χ0) is 19.5. The first-order chi connectivity index (χ1) is 13.1. The van der Waals surface area contributed by atoms with Crippen molar-refractivity contribution in [1.82, 2.24) is 10.6 Å². The zero-order valence-corrected chi connectivity index (χ0v) is 18.9. The van der Waals surface area contributed by atoms with Crippen LogP contribution in [0.4, 0.5) is 5.69 Å². The number of anilines is 1.